The lowest BCUT2D eigenvalue weighted by Crippen LogP contribution is -2.07. The van der Waals surface area contributed by atoms with Gasteiger partial charge in [-0.2, -0.15) is 0 Å². The Hall–Kier alpha value is -0.650. The first-order valence-corrected chi connectivity index (χ1v) is 9.63. The Bertz CT molecular complexity index is 478. The molecular weight excluding hydrogens is 284 g/mol. The fourth-order valence-corrected chi connectivity index (χ4v) is 3.99. The Kier molecular flexibility index (Phi) is 7.23. The Morgan fingerprint density at radius 1 is 1.22 bits per heavy atom. The number of benzene rings is 1. The molecule has 0 saturated carbocycles. The molecule has 0 saturated heterocycles. The second-order valence-corrected chi connectivity index (χ2v) is 8.01. The average Bonchev–Trinajstić information content (AvgIpc) is 2.34. The van der Waals surface area contributed by atoms with Crippen LogP contribution in [0.15, 0.2) is 54.5 Å². The summed E-state index contributed by atoms with van der Waals surface area (Å²) in [7, 11) is 0.0931. The van der Waals surface area contributed by atoms with Crippen LogP contribution in [-0.2, 0) is 15.6 Å². The Morgan fingerprint density at radius 2 is 1.94 bits per heavy atom. The number of rotatable bonds is 8. The Morgan fingerprint density at radius 3 is 2.61 bits per heavy atom. The Labute approximate surface area is 117 Å². The van der Waals surface area contributed by atoms with Gasteiger partial charge in [0.05, 0.1) is 11.5 Å². The predicted octanol–water partition coefficient (Wildman–Crippen LogP) is 3.68. The van der Waals surface area contributed by atoms with Crippen molar-refractivity contribution in [3.05, 3.63) is 60.0 Å². The van der Waals surface area contributed by atoms with Gasteiger partial charge in [0.25, 0.3) is 0 Å². The van der Waals surface area contributed by atoms with Gasteiger partial charge in [0, 0.05) is 5.75 Å². The molecule has 5 heteroatoms. The van der Waals surface area contributed by atoms with Crippen molar-refractivity contribution in [1.29, 1.82) is 0 Å². The van der Waals surface area contributed by atoms with E-state index in [9.17, 15) is 8.42 Å². The van der Waals surface area contributed by atoms with E-state index in [2.05, 4.69) is 6.58 Å². The molecule has 0 bridgehead atoms. The van der Waals surface area contributed by atoms with Gasteiger partial charge in [0.15, 0.2) is 9.84 Å². The van der Waals surface area contributed by atoms with Crippen LogP contribution in [0.25, 0.3) is 0 Å². The monoisotopic (exact) mass is 300 g/mol. The molecule has 0 spiro atoms. The minimum Gasteiger partial charge on any atom is -0.228 e. The predicted molar refractivity (Wildman–Crippen MR) is 83.3 cm³/mol. The summed E-state index contributed by atoms with van der Waals surface area (Å²) in [6.07, 6.45) is 3.51. The molecule has 0 unspecified atom stereocenters. The molecule has 1 aromatic carbocycles. The first kappa shape index (κ1) is 15.4. The van der Waals surface area contributed by atoms with Gasteiger partial charge >= 0.3 is 0 Å². The summed E-state index contributed by atoms with van der Waals surface area (Å²) in [6.45, 7) is 3.61. The van der Waals surface area contributed by atoms with Gasteiger partial charge in [-0.15, -0.1) is 6.58 Å². The minimum absolute atomic E-state index is 0.0868. The van der Waals surface area contributed by atoms with E-state index >= 15 is 0 Å². The van der Waals surface area contributed by atoms with Crippen molar-refractivity contribution < 1.29 is 8.42 Å². The van der Waals surface area contributed by atoms with Crippen molar-refractivity contribution >= 4 is 31.4 Å². The van der Waals surface area contributed by atoms with Crippen molar-refractivity contribution in [3.8, 4) is 0 Å². The molecule has 0 aliphatic carbocycles. The second-order valence-electron chi connectivity index (χ2n) is 3.58. The maximum atomic E-state index is 11.8. The smallest absolute Gasteiger partial charge is 0.158 e. The molecule has 1 aromatic rings. The molecule has 0 radical (unpaired) electrons. The fraction of sp³-hybridized carbons (Fsp3) is 0.231. The minimum atomic E-state index is -3.06. The number of sulfone groups is 1. The van der Waals surface area contributed by atoms with E-state index in [1.54, 1.807) is 16.9 Å². The van der Waals surface area contributed by atoms with Gasteiger partial charge < -0.3 is 0 Å². The lowest BCUT2D eigenvalue weighted by Gasteiger charge is -2.01. The number of hydrogen-bond acceptors (Lipinski definition) is 4. The molecule has 0 N–H and O–H groups in total. The topological polar surface area (TPSA) is 34.1 Å². The summed E-state index contributed by atoms with van der Waals surface area (Å²) < 4.78 is 23.6. The highest BCUT2D eigenvalue weighted by Crippen LogP contribution is 2.22. The summed E-state index contributed by atoms with van der Waals surface area (Å²) in [4.78, 5) is 0. The van der Waals surface area contributed by atoms with Crippen LogP contribution in [0, 0.1) is 0 Å². The number of hydrogen-bond donors (Lipinski definition) is 0. The third-order valence-electron chi connectivity index (χ3n) is 1.99. The van der Waals surface area contributed by atoms with Gasteiger partial charge in [-0.3, -0.25) is 0 Å². The zero-order valence-electron chi connectivity index (χ0n) is 9.99. The van der Waals surface area contributed by atoms with Crippen LogP contribution in [-0.4, -0.2) is 19.9 Å². The molecule has 0 atom stereocenters. The van der Waals surface area contributed by atoms with E-state index < -0.39 is 9.84 Å². The van der Waals surface area contributed by atoms with Crippen LogP contribution in [0.3, 0.4) is 0 Å². The molecule has 0 fully saturated rings. The van der Waals surface area contributed by atoms with E-state index in [-0.39, 0.29) is 11.5 Å². The van der Waals surface area contributed by atoms with Gasteiger partial charge in [0.1, 0.15) is 0 Å². The van der Waals surface area contributed by atoms with Gasteiger partial charge in [-0.25, -0.2) is 8.42 Å². The normalized spacial score (nSPS) is 11.8. The van der Waals surface area contributed by atoms with Crippen molar-refractivity contribution in [1.82, 2.24) is 0 Å². The zero-order valence-corrected chi connectivity index (χ0v) is 12.4. The highest BCUT2D eigenvalue weighted by Gasteiger charge is 2.09. The summed E-state index contributed by atoms with van der Waals surface area (Å²) in [6, 6.07) is 9.24. The summed E-state index contributed by atoms with van der Waals surface area (Å²) >= 11 is 0. The van der Waals surface area contributed by atoms with Crippen LogP contribution in [0.4, 0.5) is 0 Å². The van der Waals surface area contributed by atoms with Crippen LogP contribution in [0.2, 0.25) is 0 Å². The molecule has 1 rings (SSSR count). The highest BCUT2D eigenvalue weighted by molar-refractivity contribution is 8.77. The summed E-state index contributed by atoms with van der Waals surface area (Å²) in [5, 5.41) is 1.82. The lowest BCUT2D eigenvalue weighted by atomic mass is 10.2. The standard InChI is InChI=1S/C13H16O2S3/c1-2-9-16-17-10-6-11-18(14,15)12-13-7-4-3-5-8-13/h2-8,10H,1,9,11-12H2. The first-order valence-electron chi connectivity index (χ1n) is 5.42. The summed E-state index contributed by atoms with van der Waals surface area (Å²) in [5.41, 5.74) is 0.833. The Balaban J connectivity index is 2.38. The molecule has 18 heavy (non-hydrogen) atoms. The highest BCUT2D eigenvalue weighted by atomic mass is 33.1. The molecule has 0 heterocycles. The van der Waals surface area contributed by atoms with Crippen molar-refractivity contribution in [2.75, 3.05) is 11.5 Å². The molecular formula is C13H16O2S3. The van der Waals surface area contributed by atoms with Crippen molar-refractivity contribution in [2.24, 2.45) is 0 Å². The van der Waals surface area contributed by atoms with Gasteiger partial charge in [0.2, 0.25) is 0 Å². The van der Waals surface area contributed by atoms with Crippen LogP contribution in [0.5, 0.6) is 0 Å². The van der Waals surface area contributed by atoms with E-state index in [0.29, 0.717) is 0 Å². The van der Waals surface area contributed by atoms with Crippen LogP contribution >= 0.6 is 21.6 Å². The third-order valence-corrected chi connectivity index (χ3v) is 5.42. The first-order chi connectivity index (χ1) is 8.64. The lowest BCUT2D eigenvalue weighted by molar-refractivity contribution is 0.598. The van der Waals surface area contributed by atoms with E-state index in [4.69, 9.17) is 0 Å². The van der Waals surface area contributed by atoms with Crippen LogP contribution in [0.1, 0.15) is 5.56 Å². The average molecular weight is 300 g/mol. The SMILES string of the molecule is C=CCSSC=CCS(=O)(=O)Cc1ccccc1. The zero-order chi connectivity index (χ0) is 13.3. The molecule has 0 aliphatic heterocycles. The van der Waals surface area contributed by atoms with Crippen molar-refractivity contribution in [3.63, 3.8) is 0 Å². The quantitative estimate of drug-likeness (QED) is 0.417. The molecule has 0 aromatic heterocycles. The van der Waals surface area contributed by atoms with Gasteiger partial charge in [-0.1, -0.05) is 64.1 Å². The third kappa shape index (κ3) is 6.93. The van der Waals surface area contributed by atoms with E-state index in [1.165, 1.54) is 10.8 Å². The second kappa shape index (κ2) is 8.45. The van der Waals surface area contributed by atoms with Crippen molar-refractivity contribution in [2.45, 2.75) is 5.75 Å². The fourth-order valence-electron chi connectivity index (χ4n) is 1.24. The molecule has 0 aliphatic rings. The van der Waals surface area contributed by atoms with Gasteiger partial charge in [-0.05, 0) is 11.0 Å². The van der Waals surface area contributed by atoms with E-state index in [0.717, 1.165) is 11.3 Å². The largest absolute Gasteiger partial charge is 0.228 e. The summed E-state index contributed by atoms with van der Waals surface area (Å²) in [5.74, 6) is 1.04. The van der Waals surface area contributed by atoms with Crippen LogP contribution < -0.4 is 0 Å². The maximum absolute atomic E-state index is 11.8. The molecule has 0 amide bonds. The maximum Gasteiger partial charge on any atom is 0.158 e. The molecule has 2 nitrogen and oxygen atoms in total. The molecule has 98 valence electrons. The van der Waals surface area contributed by atoms with E-state index in [1.807, 2.05) is 41.8 Å².